The normalized spacial score (nSPS) is 9.08. The second-order valence-electron chi connectivity index (χ2n) is 2.74. The van der Waals surface area contributed by atoms with E-state index >= 15 is 0 Å². The summed E-state index contributed by atoms with van der Waals surface area (Å²) in [5.41, 5.74) is 1.73. The summed E-state index contributed by atoms with van der Waals surface area (Å²) in [6.07, 6.45) is 0.747. The van der Waals surface area contributed by atoms with Gasteiger partial charge >= 0.3 is 0 Å². The first-order chi connectivity index (χ1) is 6.25. The van der Waals surface area contributed by atoms with Crippen molar-refractivity contribution in [2.75, 3.05) is 5.75 Å². The maximum atomic E-state index is 9.47. The van der Waals surface area contributed by atoms with Gasteiger partial charge in [-0.3, -0.25) is 0 Å². The van der Waals surface area contributed by atoms with Crippen LogP contribution in [0, 0.1) is 18.8 Å². The quantitative estimate of drug-likeness (QED) is 0.517. The molecular weight excluding hydrogens is 180 g/mol. The molecule has 68 valence electrons. The first-order valence-electron chi connectivity index (χ1n) is 4.14. The zero-order valence-electron chi connectivity index (χ0n) is 7.54. The van der Waals surface area contributed by atoms with Crippen LogP contribution in [0.5, 0.6) is 5.75 Å². The highest BCUT2D eigenvalue weighted by atomic mass is 32.1. The van der Waals surface area contributed by atoms with Crippen LogP contribution in [-0.2, 0) is 0 Å². The summed E-state index contributed by atoms with van der Waals surface area (Å²) in [6, 6.07) is 5.40. The number of thiol groups is 1. The van der Waals surface area contributed by atoms with Crippen LogP contribution in [0.3, 0.4) is 0 Å². The third kappa shape index (κ3) is 2.71. The number of aromatic hydroxyl groups is 1. The maximum absolute atomic E-state index is 9.47. The minimum Gasteiger partial charge on any atom is -0.507 e. The molecule has 0 heterocycles. The van der Waals surface area contributed by atoms with Gasteiger partial charge < -0.3 is 5.11 Å². The van der Waals surface area contributed by atoms with Crippen LogP contribution in [0.1, 0.15) is 17.5 Å². The molecular formula is C11H12OS. The third-order valence-electron chi connectivity index (χ3n) is 1.70. The Labute approximate surface area is 84.2 Å². The molecule has 0 radical (unpaired) electrons. The van der Waals surface area contributed by atoms with Crippen molar-refractivity contribution in [3.8, 4) is 17.6 Å². The van der Waals surface area contributed by atoms with Crippen molar-refractivity contribution in [3.63, 3.8) is 0 Å². The minimum absolute atomic E-state index is 0.256. The van der Waals surface area contributed by atoms with E-state index in [-0.39, 0.29) is 5.75 Å². The Bertz CT molecular complexity index is 327. The molecule has 0 amide bonds. The lowest BCUT2D eigenvalue weighted by Crippen LogP contribution is -1.82. The van der Waals surface area contributed by atoms with Gasteiger partial charge in [0.1, 0.15) is 5.75 Å². The SMILES string of the molecule is Cc1cccc(O)c1C#CCCS. The molecule has 0 aliphatic heterocycles. The van der Waals surface area contributed by atoms with Crippen molar-refractivity contribution in [2.45, 2.75) is 13.3 Å². The second kappa shape index (κ2) is 4.84. The maximum Gasteiger partial charge on any atom is 0.131 e. The Kier molecular flexibility index (Phi) is 3.72. The molecule has 0 atom stereocenters. The lowest BCUT2D eigenvalue weighted by atomic mass is 10.1. The van der Waals surface area contributed by atoms with Gasteiger partial charge in [-0.15, -0.1) is 0 Å². The molecule has 1 rings (SSSR count). The zero-order valence-corrected chi connectivity index (χ0v) is 8.44. The summed E-state index contributed by atoms with van der Waals surface area (Å²) in [7, 11) is 0. The van der Waals surface area contributed by atoms with Gasteiger partial charge in [0.05, 0.1) is 5.56 Å². The van der Waals surface area contributed by atoms with E-state index in [9.17, 15) is 5.11 Å². The molecule has 1 nitrogen and oxygen atoms in total. The van der Waals surface area contributed by atoms with E-state index < -0.39 is 0 Å². The highest BCUT2D eigenvalue weighted by molar-refractivity contribution is 7.80. The Morgan fingerprint density at radius 3 is 2.85 bits per heavy atom. The summed E-state index contributed by atoms with van der Waals surface area (Å²) >= 11 is 4.05. The van der Waals surface area contributed by atoms with Crippen molar-refractivity contribution >= 4 is 12.6 Å². The van der Waals surface area contributed by atoms with E-state index in [0.29, 0.717) is 0 Å². The van der Waals surface area contributed by atoms with Gasteiger partial charge in [-0.1, -0.05) is 24.0 Å². The van der Waals surface area contributed by atoms with E-state index in [4.69, 9.17) is 0 Å². The average molecular weight is 192 g/mol. The molecule has 0 saturated carbocycles. The molecule has 1 aromatic carbocycles. The molecule has 0 aliphatic rings. The van der Waals surface area contributed by atoms with E-state index in [1.54, 1.807) is 6.07 Å². The van der Waals surface area contributed by atoms with Crippen LogP contribution in [-0.4, -0.2) is 10.9 Å². The minimum atomic E-state index is 0.256. The van der Waals surface area contributed by atoms with Crippen LogP contribution >= 0.6 is 12.6 Å². The lowest BCUT2D eigenvalue weighted by Gasteiger charge is -1.99. The Hall–Kier alpha value is -1.07. The van der Waals surface area contributed by atoms with Crippen molar-refractivity contribution in [3.05, 3.63) is 29.3 Å². The summed E-state index contributed by atoms with van der Waals surface area (Å²) < 4.78 is 0. The first-order valence-corrected chi connectivity index (χ1v) is 4.77. The highest BCUT2D eigenvalue weighted by Crippen LogP contribution is 2.18. The number of rotatable bonds is 1. The van der Waals surface area contributed by atoms with E-state index in [1.807, 2.05) is 19.1 Å². The Balaban J connectivity index is 2.95. The number of phenols is 1. The summed E-state index contributed by atoms with van der Waals surface area (Å²) in [4.78, 5) is 0. The molecule has 0 spiro atoms. The monoisotopic (exact) mass is 192 g/mol. The number of phenolic OH excluding ortho intramolecular Hbond substituents is 1. The van der Waals surface area contributed by atoms with Crippen LogP contribution in [0.15, 0.2) is 18.2 Å². The van der Waals surface area contributed by atoms with Crippen LogP contribution < -0.4 is 0 Å². The molecule has 1 N–H and O–H groups in total. The predicted octanol–water partition coefficient (Wildman–Crippen LogP) is 2.37. The van der Waals surface area contributed by atoms with Gasteiger partial charge in [-0.2, -0.15) is 12.6 Å². The van der Waals surface area contributed by atoms with Gasteiger partial charge in [0, 0.05) is 12.2 Å². The largest absolute Gasteiger partial charge is 0.507 e. The fourth-order valence-corrected chi connectivity index (χ4v) is 1.13. The molecule has 2 heteroatoms. The topological polar surface area (TPSA) is 20.2 Å². The van der Waals surface area contributed by atoms with Gasteiger partial charge in [-0.25, -0.2) is 0 Å². The van der Waals surface area contributed by atoms with Gasteiger partial charge in [-0.05, 0) is 18.6 Å². The standard InChI is InChI=1S/C11H12OS/c1-9-5-4-7-11(12)10(9)6-2-3-8-13/h4-5,7,12-13H,3,8H2,1H3. The molecule has 0 aromatic heterocycles. The number of benzene rings is 1. The predicted molar refractivity (Wildman–Crippen MR) is 58.2 cm³/mol. The fourth-order valence-electron chi connectivity index (χ4n) is 1.02. The Morgan fingerprint density at radius 2 is 2.23 bits per heavy atom. The summed E-state index contributed by atoms with van der Waals surface area (Å²) in [5.74, 6) is 6.89. The Morgan fingerprint density at radius 1 is 1.46 bits per heavy atom. The third-order valence-corrected chi connectivity index (χ3v) is 1.92. The van der Waals surface area contributed by atoms with Crippen molar-refractivity contribution in [2.24, 2.45) is 0 Å². The number of hydrogen-bond donors (Lipinski definition) is 2. The molecule has 0 fully saturated rings. The highest BCUT2D eigenvalue weighted by Gasteiger charge is 1.98. The van der Waals surface area contributed by atoms with Crippen LogP contribution in [0.2, 0.25) is 0 Å². The van der Waals surface area contributed by atoms with E-state index in [2.05, 4.69) is 24.5 Å². The smallest absolute Gasteiger partial charge is 0.131 e. The summed E-state index contributed by atoms with van der Waals surface area (Å²) in [6.45, 7) is 1.93. The molecule has 13 heavy (non-hydrogen) atoms. The molecule has 0 unspecified atom stereocenters. The fraction of sp³-hybridized carbons (Fsp3) is 0.273. The first kappa shape index (κ1) is 10.0. The second-order valence-corrected chi connectivity index (χ2v) is 3.19. The number of hydrogen-bond acceptors (Lipinski definition) is 2. The van der Waals surface area contributed by atoms with E-state index in [0.717, 1.165) is 23.3 Å². The van der Waals surface area contributed by atoms with Crippen molar-refractivity contribution in [1.29, 1.82) is 0 Å². The van der Waals surface area contributed by atoms with Gasteiger partial charge in [0.25, 0.3) is 0 Å². The number of aryl methyl sites for hydroxylation is 1. The van der Waals surface area contributed by atoms with Crippen molar-refractivity contribution < 1.29 is 5.11 Å². The molecule has 0 bridgehead atoms. The van der Waals surface area contributed by atoms with Crippen molar-refractivity contribution in [1.82, 2.24) is 0 Å². The zero-order chi connectivity index (χ0) is 9.68. The van der Waals surface area contributed by atoms with Crippen LogP contribution in [0.4, 0.5) is 0 Å². The average Bonchev–Trinajstić information content (AvgIpc) is 2.10. The molecule has 1 aromatic rings. The summed E-state index contributed by atoms with van der Waals surface area (Å²) in [5, 5.41) is 9.47. The van der Waals surface area contributed by atoms with Gasteiger partial charge in [0.2, 0.25) is 0 Å². The lowest BCUT2D eigenvalue weighted by molar-refractivity contribution is 0.473. The van der Waals surface area contributed by atoms with Crippen LogP contribution in [0.25, 0.3) is 0 Å². The van der Waals surface area contributed by atoms with E-state index in [1.165, 1.54) is 0 Å². The molecule has 0 aliphatic carbocycles. The molecule has 0 saturated heterocycles. The van der Waals surface area contributed by atoms with Gasteiger partial charge in [0.15, 0.2) is 0 Å².